The van der Waals surface area contributed by atoms with Gasteiger partial charge in [-0.15, -0.1) is 0 Å². The van der Waals surface area contributed by atoms with Crippen LogP contribution in [-0.4, -0.2) is 38.6 Å². The summed E-state index contributed by atoms with van der Waals surface area (Å²) in [6.45, 7) is 8.58. The first-order valence-electron chi connectivity index (χ1n) is 9.93. The number of piperidine rings is 2. The van der Waals surface area contributed by atoms with Gasteiger partial charge in [-0.05, 0) is 68.2 Å². The number of hydrogen-bond acceptors (Lipinski definition) is 2. The van der Waals surface area contributed by atoms with Crippen molar-refractivity contribution < 1.29 is 9.90 Å². The molecule has 1 amide bonds. The van der Waals surface area contributed by atoms with E-state index in [1.807, 2.05) is 0 Å². The van der Waals surface area contributed by atoms with Crippen molar-refractivity contribution in [2.75, 3.05) is 0 Å². The highest BCUT2D eigenvalue weighted by Gasteiger charge is 2.54. The lowest BCUT2D eigenvalue weighted by molar-refractivity contribution is -0.178. The predicted molar refractivity (Wildman–Crippen MR) is 104 cm³/mol. The minimum absolute atomic E-state index is 0.176. The Morgan fingerprint density at radius 2 is 2.08 bits per heavy atom. The molecule has 1 aliphatic carbocycles. The molecule has 2 bridgehead atoms. The Kier molecular flexibility index (Phi) is 4.14. The van der Waals surface area contributed by atoms with Crippen LogP contribution in [0, 0.1) is 13.8 Å². The third-order valence-electron chi connectivity index (χ3n) is 6.81. The summed E-state index contributed by atoms with van der Waals surface area (Å²) in [5.41, 5.74) is 4.47. The lowest BCUT2D eigenvalue weighted by Crippen LogP contribution is -2.67. The van der Waals surface area contributed by atoms with E-state index in [0.717, 1.165) is 31.2 Å². The third-order valence-corrected chi connectivity index (χ3v) is 6.81. The fourth-order valence-electron chi connectivity index (χ4n) is 5.17. The lowest BCUT2D eigenvalue weighted by atomic mass is 9.66. The first-order chi connectivity index (χ1) is 12.3. The molecule has 5 rings (SSSR count). The monoisotopic (exact) mass is 354 g/mol. The number of aromatic amines is 1. The van der Waals surface area contributed by atoms with Gasteiger partial charge in [-0.3, -0.25) is 4.79 Å². The molecule has 1 aromatic heterocycles. The third kappa shape index (κ3) is 2.66. The topological polar surface area (TPSA) is 56.3 Å². The molecule has 0 radical (unpaired) electrons. The lowest BCUT2D eigenvalue weighted by Gasteiger charge is -2.58. The molecule has 26 heavy (non-hydrogen) atoms. The normalized spacial score (nSPS) is 28.9. The van der Waals surface area contributed by atoms with E-state index in [9.17, 15) is 9.90 Å². The number of aryl methyl sites for hydroxylation is 2. The predicted octanol–water partition coefficient (Wildman–Crippen LogP) is 4.18. The molecule has 2 atom stereocenters. The number of carbonyl (C=O) groups is 1. The van der Waals surface area contributed by atoms with E-state index in [2.05, 4.69) is 55.9 Å². The Hall–Kier alpha value is -1.81. The summed E-state index contributed by atoms with van der Waals surface area (Å²) in [6.07, 6.45) is 5.79. The molecule has 4 nitrogen and oxygen atoms in total. The van der Waals surface area contributed by atoms with Gasteiger partial charge in [0, 0.05) is 35.6 Å². The highest BCUT2D eigenvalue weighted by Crippen LogP contribution is 2.47. The summed E-state index contributed by atoms with van der Waals surface area (Å²) in [5.74, 6) is 0.422. The molecule has 2 N–H and O–H groups in total. The largest absolute Gasteiger partial charge is 0.390 e. The van der Waals surface area contributed by atoms with Gasteiger partial charge >= 0.3 is 0 Å². The quantitative estimate of drug-likeness (QED) is 0.865. The number of aromatic nitrogens is 1. The number of carbonyl (C=O) groups excluding carboxylic acids is 1. The molecule has 1 saturated carbocycles. The van der Waals surface area contributed by atoms with Crippen molar-refractivity contribution >= 4 is 16.8 Å². The van der Waals surface area contributed by atoms with Crippen molar-refractivity contribution in [2.45, 2.75) is 83.4 Å². The molecular formula is C22H30N2O2. The molecule has 4 heteroatoms. The zero-order valence-corrected chi connectivity index (χ0v) is 16.3. The van der Waals surface area contributed by atoms with Crippen LogP contribution in [0.3, 0.4) is 0 Å². The van der Waals surface area contributed by atoms with Gasteiger partial charge in [-0.1, -0.05) is 19.9 Å². The smallest absolute Gasteiger partial charge is 0.223 e. The second kappa shape index (κ2) is 6.12. The van der Waals surface area contributed by atoms with E-state index < -0.39 is 5.60 Å². The first kappa shape index (κ1) is 17.6. The van der Waals surface area contributed by atoms with Crippen LogP contribution in [0.25, 0.3) is 10.9 Å². The Labute approximate surface area is 155 Å². The molecule has 2 saturated heterocycles. The summed E-state index contributed by atoms with van der Waals surface area (Å²) in [5, 5.41) is 11.7. The van der Waals surface area contributed by atoms with Gasteiger partial charge < -0.3 is 15.0 Å². The average molecular weight is 354 g/mol. The first-order valence-corrected chi connectivity index (χ1v) is 9.93. The van der Waals surface area contributed by atoms with E-state index >= 15 is 0 Å². The fraction of sp³-hybridized carbons (Fsp3) is 0.591. The van der Waals surface area contributed by atoms with E-state index in [0.29, 0.717) is 6.42 Å². The van der Waals surface area contributed by atoms with Crippen LogP contribution in [0.5, 0.6) is 0 Å². The highest BCUT2D eigenvalue weighted by molar-refractivity contribution is 5.89. The number of aliphatic hydroxyl groups is 1. The van der Waals surface area contributed by atoms with Crippen molar-refractivity contribution in [3.63, 3.8) is 0 Å². The van der Waals surface area contributed by atoms with Crippen LogP contribution in [0.2, 0.25) is 0 Å². The number of nitrogens with zero attached hydrogens (tertiary/aromatic N) is 1. The summed E-state index contributed by atoms with van der Waals surface area (Å²) >= 11 is 0. The Morgan fingerprint density at radius 1 is 1.35 bits per heavy atom. The van der Waals surface area contributed by atoms with Crippen molar-refractivity contribution in [3.05, 3.63) is 35.0 Å². The van der Waals surface area contributed by atoms with Gasteiger partial charge in [-0.2, -0.15) is 0 Å². The van der Waals surface area contributed by atoms with E-state index in [1.165, 1.54) is 22.1 Å². The Balaban J connectivity index is 1.56. The summed E-state index contributed by atoms with van der Waals surface area (Å²) in [7, 11) is 0. The van der Waals surface area contributed by atoms with E-state index in [4.69, 9.17) is 0 Å². The second-order valence-electron chi connectivity index (χ2n) is 8.63. The number of H-pyrrole nitrogens is 1. The average Bonchev–Trinajstić information content (AvgIpc) is 3.01. The SMILES string of the molecule is CCC1CC2(O)CC(C2)N1C(=O)CC(C)c1c[nH]c2ccc(C)c(C)c12. The van der Waals surface area contributed by atoms with Crippen LogP contribution < -0.4 is 0 Å². The number of nitrogens with one attached hydrogen (secondary N) is 1. The minimum atomic E-state index is -0.501. The maximum Gasteiger partial charge on any atom is 0.223 e. The maximum atomic E-state index is 13.1. The van der Waals surface area contributed by atoms with Crippen LogP contribution in [0.15, 0.2) is 18.3 Å². The van der Waals surface area contributed by atoms with Gasteiger partial charge in [0.05, 0.1) is 5.60 Å². The number of rotatable bonds is 4. The number of fused-ring (bicyclic) bond motifs is 3. The number of benzene rings is 1. The minimum Gasteiger partial charge on any atom is -0.390 e. The summed E-state index contributed by atoms with van der Waals surface area (Å²) < 4.78 is 0. The highest BCUT2D eigenvalue weighted by atomic mass is 16.3. The number of amides is 1. The molecule has 2 aromatic rings. The molecule has 3 heterocycles. The van der Waals surface area contributed by atoms with E-state index in [1.54, 1.807) is 0 Å². The standard InChI is InChI=1S/C22H30N2O2/c1-5-16-9-22(26)10-17(11-22)24(16)20(25)8-14(3)18-12-23-19-7-6-13(2)15(4)21(18)19/h6-7,12,14,16-17,23,26H,5,8-11H2,1-4H3. The van der Waals surface area contributed by atoms with Crippen molar-refractivity contribution in [2.24, 2.45) is 0 Å². The zero-order chi connectivity index (χ0) is 18.6. The fourth-order valence-corrected chi connectivity index (χ4v) is 5.17. The maximum absolute atomic E-state index is 13.1. The molecule has 2 unspecified atom stereocenters. The Bertz CT molecular complexity index is 847. The molecular weight excluding hydrogens is 324 g/mol. The van der Waals surface area contributed by atoms with Crippen molar-refractivity contribution in [1.29, 1.82) is 0 Å². The zero-order valence-electron chi connectivity index (χ0n) is 16.3. The van der Waals surface area contributed by atoms with Crippen LogP contribution in [-0.2, 0) is 4.79 Å². The Morgan fingerprint density at radius 3 is 2.77 bits per heavy atom. The van der Waals surface area contributed by atoms with Crippen molar-refractivity contribution in [1.82, 2.24) is 9.88 Å². The molecule has 3 aliphatic rings. The van der Waals surface area contributed by atoms with E-state index in [-0.39, 0.29) is 23.9 Å². The van der Waals surface area contributed by atoms with Crippen LogP contribution >= 0.6 is 0 Å². The van der Waals surface area contributed by atoms with Crippen LogP contribution in [0.1, 0.15) is 68.6 Å². The van der Waals surface area contributed by atoms with Gasteiger partial charge in [0.2, 0.25) is 5.91 Å². The van der Waals surface area contributed by atoms with Crippen molar-refractivity contribution in [3.8, 4) is 0 Å². The molecule has 1 aromatic carbocycles. The molecule has 0 spiro atoms. The second-order valence-corrected chi connectivity index (χ2v) is 8.63. The number of hydrogen-bond donors (Lipinski definition) is 2. The summed E-state index contributed by atoms with van der Waals surface area (Å²) in [6, 6.07) is 4.71. The van der Waals surface area contributed by atoms with Gasteiger partial charge in [0.1, 0.15) is 0 Å². The molecule has 140 valence electrons. The molecule has 2 aliphatic heterocycles. The van der Waals surface area contributed by atoms with Gasteiger partial charge in [-0.25, -0.2) is 0 Å². The summed E-state index contributed by atoms with van der Waals surface area (Å²) in [4.78, 5) is 18.6. The van der Waals surface area contributed by atoms with Gasteiger partial charge in [0.15, 0.2) is 0 Å². The van der Waals surface area contributed by atoms with Gasteiger partial charge in [0.25, 0.3) is 0 Å². The van der Waals surface area contributed by atoms with Crippen LogP contribution in [0.4, 0.5) is 0 Å². The molecule has 3 fully saturated rings.